The minimum atomic E-state index is -0.877. The number of carbonyl (C=O) groups is 2. The van der Waals surface area contributed by atoms with E-state index in [9.17, 15) is 9.59 Å². The van der Waals surface area contributed by atoms with Gasteiger partial charge in [-0.3, -0.25) is 9.59 Å². The van der Waals surface area contributed by atoms with E-state index in [2.05, 4.69) is 10.5 Å². The largest absolute Gasteiger partial charge is 0.481 e. The summed E-state index contributed by atoms with van der Waals surface area (Å²) in [5.41, 5.74) is 0.721. The van der Waals surface area contributed by atoms with Crippen molar-refractivity contribution < 1.29 is 19.2 Å². The van der Waals surface area contributed by atoms with Crippen molar-refractivity contribution in [2.75, 3.05) is 0 Å². The van der Waals surface area contributed by atoms with Crippen LogP contribution in [0, 0.1) is 0 Å². The number of carboxylic acids is 1. The van der Waals surface area contributed by atoms with Gasteiger partial charge >= 0.3 is 5.97 Å². The first-order chi connectivity index (χ1) is 8.40. The molecule has 0 saturated heterocycles. The van der Waals surface area contributed by atoms with Crippen molar-refractivity contribution >= 4 is 11.9 Å². The minimum absolute atomic E-state index is 0.0229. The second-order valence-electron chi connectivity index (χ2n) is 4.58. The predicted molar refractivity (Wildman–Crippen MR) is 64.4 cm³/mol. The Morgan fingerprint density at radius 2 is 2.11 bits per heavy atom. The monoisotopic (exact) mass is 254 g/mol. The average molecular weight is 254 g/mol. The first-order valence-electron chi connectivity index (χ1n) is 5.89. The molecule has 6 nitrogen and oxygen atoms in total. The summed E-state index contributed by atoms with van der Waals surface area (Å²) in [4.78, 5) is 22.1. The third kappa shape index (κ3) is 4.20. The zero-order valence-electron chi connectivity index (χ0n) is 10.8. The lowest BCUT2D eigenvalue weighted by Gasteiger charge is -2.10. The van der Waals surface area contributed by atoms with E-state index in [4.69, 9.17) is 9.63 Å². The summed E-state index contributed by atoms with van der Waals surface area (Å²) in [6.07, 6.45) is 0.404. The fraction of sp³-hybridized carbons (Fsp3) is 0.583. The maximum Gasteiger partial charge on any atom is 0.303 e. The lowest BCUT2D eigenvalue weighted by Crippen LogP contribution is -2.32. The second kappa shape index (κ2) is 6.18. The van der Waals surface area contributed by atoms with Crippen LogP contribution in [-0.2, 0) is 4.79 Å². The standard InChI is InChI=1S/C12H18N2O4/c1-7(2)9-6-10(18-14-9)12(17)13-8(3)4-5-11(15)16/h6-8H,4-5H2,1-3H3,(H,13,17)(H,15,16). The highest BCUT2D eigenvalue weighted by Gasteiger charge is 2.16. The minimum Gasteiger partial charge on any atom is -0.481 e. The lowest BCUT2D eigenvalue weighted by molar-refractivity contribution is -0.137. The molecule has 0 fully saturated rings. The third-order valence-electron chi connectivity index (χ3n) is 2.51. The fourth-order valence-electron chi connectivity index (χ4n) is 1.38. The van der Waals surface area contributed by atoms with Crippen LogP contribution in [0.15, 0.2) is 10.6 Å². The summed E-state index contributed by atoms with van der Waals surface area (Å²) in [6, 6.07) is 1.38. The van der Waals surface area contributed by atoms with Crippen LogP contribution in [0.3, 0.4) is 0 Å². The van der Waals surface area contributed by atoms with Crippen molar-refractivity contribution in [2.24, 2.45) is 0 Å². The molecule has 0 spiro atoms. The van der Waals surface area contributed by atoms with E-state index in [1.165, 1.54) is 0 Å². The van der Waals surface area contributed by atoms with Gasteiger partial charge in [-0.2, -0.15) is 0 Å². The van der Waals surface area contributed by atoms with Crippen LogP contribution in [0.25, 0.3) is 0 Å². The molecule has 0 aliphatic heterocycles. The van der Waals surface area contributed by atoms with Gasteiger partial charge < -0.3 is 14.9 Å². The smallest absolute Gasteiger partial charge is 0.303 e. The zero-order valence-corrected chi connectivity index (χ0v) is 10.8. The number of rotatable bonds is 6. The molecule has 1 amide bonds. The number of hydrogen-bond donors (Lipinski definition) is 2. The van der Waals surface area contributed by atoms with Gasteiger partial charge in [0, 0.05) is 18.5 Å². The molecule has 0 aliphatic carbocycles. The van der Waals surface area contributed by atoms with Crippen LogP contribution >= 0.6 is 0 Å². The highest BCUT2D eigenvalue weighted by atomic mass is 16.5. The second-order valence-corrected chi connectivity index (χ2v) is 4.58. The molecule has 100 valence electrons. The van der Waals surface area contributed by atoms with Crippen molar-refractivity contribution in [2.45, 2.75) is 45.6 Å². The Morgan fingerprint density at radius 3 is 2.61 bits per heavy atom. The molecule has 6 heteroatoms. The van der Waals surface area contributed by atoms with E-state index in [0.717, 1.165) is 5.69 Å². The van der Waals surface area contributed by atoms with E-state index in [0.29, 0.717) is 6.42 Å². The number of aliphatic carboxylic acids is 1. The van der Waals surface area contributed by atoms with Gasteiger partial charge in [0.05, 0.1) is 5.69 Å². The van der Waals surface area contributed by atoms with Gasteiger partial charge in [-0.25, -0.2) is 0 Å². The van der Waals surface area contributed by atoms with Crippen LogP contribution in [0.1, 0.15) is 55.8 Å². The molecule has 1 atom stereocenters. The van der Waals surface area contributed by atoms with Gasteiger partial charge in [0.15, 0.2) is 0 Å². The van der Waals surface area contributed by atoms with Gasteiger partial charge in [-0.1, -0.05) is 19.0 Å². The van der Waals surface area contributed by atoms with Crippen LogP contribution in [0.2, 0.25) is 0 Å². The van der Waals surface area contributed by atoms with Crippen LogP contribution in [0.5, 0.6) is 0 Å². The van der Waals surface area contributed by atoms with Gasteiger partial charge in [0.2, 0.25) is 5.76 Å². The molecule has 1 aromatic rings. The molecule has 0 aliphatic rings. The first-order valence-corrected chi connectivity index (χ1v) is 5.89. The summed E-state index contributed by atoms with van der Waals surface area (Å²) in [7, 11) is 0. The van der Waals surface area contributed by atoms with Crippen molar-refractivity contribution in [1.29, 1.82) is 0 Å². The van der Waals surface area contributed by atoms with Gasteiger partial charge in [0.25, 0.3) is 5.91 Å². The molecule has 0 bridgehead atoms. The molecular weight excluding hydrogens is 236 g/mol. The SMILES string of the molecule is CC(CCC(=O)O)NC(=O)c1cc(C(C)C)no1. The van der Waals surface area contributed by atoms with E-state index in [-0.39, 0.29) is 30.0 Å². The molecule has 2 N–H and O–H groups in total. The van der Waals surface area contributed by atoms with E-state index < -0.39 is 5.97 Å². The molecule has 1 rings (SSSR count). The quantitative estimate of drug-likeness (QED) is 0.807. The Labute approximate surface area is 105 Å². The van der Waals surface area contributed by atoms with Crippen molar-refractivity contribution in [3.8, 4) is 0 Å². The Kier molecular flexibility index (Phi) is 4.88. The fourth-order valence-corrected chi connectivity index (χ4v) is 1.38. The number of hydrogen-bond acceptors (Lipinski definition) is 4. The molecule has 18 heavy (non-hydrogen) atoms. The van der Waals surface area contributed by atoms with Gasteiger partial charge in [-0.05, 0) is 19.3 Å². The summed E-state index contributed by atoms with van der Waals surface area (Å²) in [5.74, 6) is -0.897. The Hall–Kier alpha value is -1.85. The lowest BCUT2D eigenvalue weighted by atomic mass is 10.1. The number of carbonyl (C=O) groups excluding carboxylic acids is 1. The maximum atomic E-state index is 11.7. The zero-order chi connectivity index (χ0) is 13.7. The molecular formula is C12H18N2O4. The highest BCUT2D eigenvalue weighted by molar-refractivity contribution is 5.91. The summed E-state index contributed by atoms with van der Waals surface area (Å²) < 4.78 is 4.94. The van der Waals surface area contributed by atoms with Crippen molar-refractivity contribution in [3.63, 3.8) is 0 Å². The summed E-state index contributed by atoms with van der Waals surface area (Å²) >= 11 is 0. The summed E-state index contributed by atoms with van der Waals surface area (Å²) in [6.45, 7) is 5.66. The van der Waals surface area contributed by atoms with Crippen molar-refractivity contribution in [3.05, 3.63) is 17.5 Å². The van der Waals surface area contributed by atoms with Gasteiger partial charge in [0.1, 0.15) is 0 Å². The Bertz CT molecular complexity index is 425. The molecule has 1 aromatic heterocycles. The molecule has 1 heterocycles. The molecule has 0 saturated carbocycles. The number of carboxylic acid groups (broad SMARTS) is 1. The van der Waals surface area contributed by atoms with E-state index in [1.54, 1.807) is 13.0 Å². The molecule has 0 radical (unpaired) electrons. The number of aromatic nitrogens is 1. The summed E-state index contributed by atoms with van der Waals surface area (Å²) in [5, 5.41) is 15.0. The number of nitrogens with zero attached hydrogens (tertiary/aromatic N) is 1. The van der Waals surface area contributed by atoms with E-state index >= 15 is 0 Å². The number of amides is 1. The Morgan fingerprint density at radius 1 is 1.44 bits per heavy atom. The topological polar surface area (TPSA) is 92.4 Å². The van der Waals surface area contributed by atoms with Crippen LogP contribution < -0.4 is 5.32 Å². The first kappa shape index (κ1) is 14.2. The van der Waals surface area contributed by atoms with E-state index in [1.807, 2.05) is 13.8 Å². The highest BCUT2D eigenvalue weighted by Crippen LogP contribution is 2.14. The van der Waals surface area contributed by atoms with Crippen LogP contribution in [0.4, 0.5) is 0 Å². The maximum absolute atomic E-state index is 11.7. The number of nitrogens with one attached hydrogen (secondary N) is 1. The normalized spacial score (nSPS) is 12.4. The average Bonchev–Trinajstić information content (AvgIpc) is 2.75. The third-order valence-corrected chi connectivity index (χ3v) is 2.51. The Balaban J connectivity index is 2.51. The predicted octanol–water partition coefficient (Wildman–Crippen LogP) is 1.78. The van der Waals surface area contributed by atoms with Gasteiger partial charge in [-0.15, -0.1) is 0 Å². The van der Waals surface area contributed by atoms with Crippen LogP contribution in [-0.4, -0.2) is 28.2 Å². The molecule has 1 unspecified atom stereocenters. The van der Waals surface area contributed by atoms with Crippen molar-refractivity contribution in [1.82, 2.24) is 10.5 Å². The molecule has 0 aromatic carbocycles.